The monoisotopic (exact) mass is 287 g/mol. The van der Waals surface area contributed by atoms with Crippen LogP contribution in [0.3, 0.4) is 0 Å². The van der Waals surface area contributed by atoms with Gasteiger partial charge in [0, 0.05) is 16.9 Å². The first-order chi connectivity index (χ1) is 9.70. The largest absolute Gasteiger partial charge is 0.299 e. The minimum atomic E-state index is 0.152. The first-order valence-corrected chi connectivity index (χ1v) is 8.11. The lowest BCUT2D eigenvalue weighted by atomic mass is 9.98. The van der Waals surface area contributed by atoms with Crippen molar-refractivity contribution in [3.8, 4) is 11.3 Å². The van der Waals surface area contributed by atoms with Crippen LogP contribution in [0.4, 0.5) is 0 Å². The number of hydrogen-bond donors (Lipinski definition) is 0. The van der Waals surface area contributed by atoms with Gasteiger partial charge < -0.3 is 0 Å². The van der Waals surface area contributed by atoms with Crippen LogP contribution in [0.25, 0.3) is 11.3 Å². The van der Waals surface area contributed by atoms with E-state index in [0.717, 1.165) is 35.5 Å². The second kappa shape index (κ2) is 7.34. The lowest BCUT2D eigenvalue weighted by Gasteiger charge is -2.07. The predicted molar refractivity (Wildman–Crippen MR) is 85.0 cm³/mol. The van der Waals surface area contributed by atoms with Gasteiger partial charge in [0.25, 0.3) is 0 Å². The van der Waals surface area contributed by atoms with Crippen LogP contribution in [-0.4, -0.2) is 10.8 Å². The summed E-state index contributed by atoms with van der Waals surface area (Å²) in [6.07, 6.45) is 3.74. The highest BCUT2D eigenvalue weighted by atomic mass is 32.1. The Hall–Kier alpha value is -1.48. The molecule has 0 N–H and O–H groups in total. The molecule has 0 amide bonds. The van der Waals surface area contributed by atoms with Crippen LogP contribution < -0.4 is 0 Å². The fourth-order valence-corrected chi connectivity index (χ4v) is 2.94. The molecule has 0 spiro atoms. The topological polar surface area (TPSA) is 30.0 Å². The normalized spacial score (nSPS) is 12.3. The molecular weight excluding hydrogens is 266 g/mol. The third kappa shape index (κ3) is 4.01. The molecule has 0 saturated heterocycles. The van der Waals surface area contributed by atoms with E-state index in [0.29, 0.717) is 12.2 Å². The number of hydrogen-bond acceptors (Lipinski definition) is 3. The van der Waals surface area contributed by atoms with E-state index in [2.05, 4.69) is 11.9 Å². The zero-order valence-corrected chi connectivity index (χ0v) is 13.0. The lowest BCUT2D eigenvalue weighted by molar-refractivity contribution is -0.121. The van der Waals surface area contributed by atoms with Gasteiger partial charge in [-0.15, -0.1) is 11.3 Å². The summed E-state index contributed by atoms with van der Waals surface area (Å²) in [5.74, 6) is 0.464. The van der Waals surface area contributed by atoms with Crippen LogP contribution >= 0.6 is 11.3 Å². The number of aromatic nitrogens is 1. The van der Waals surface area contributed by atoms with Gasteiger partial charge in [-0.1, -0.05) is 57.0 Å². The molecule has 1 aromatic carbocycles. The highest BCUT2D eigenvalue weighted by Gasteiger charge is 2.15. The molecule has 0 aliphatic carbocycles. The molecular formula is C17H21NOS. The van der Waals surface area contributed by atoms with Crippen LogP contribution in [0.1, 0.15) is 38.1 Å². The molecule has 1 aromatic heterocycles. The summed E-state index contributed by atoms with van der Waals surface area (Å²) in [7, 11) is 0. The van der Waals surface area contributed by atoms with E-state index in [9.17, 15) is 4.79 Å². The number of nitrogens with zero attached hydrogens (tertiary/aromatic N) is 1. The predicted octanol–water partition coefficient (Wildman–Crippen LogP) is 4.75. The van der Waals surface area contributed by atoms with Gasteiger partial charge in [-0.25, -0.2) is 4.98 Å². The van der Waals surface area contributed by atoms with Crippen molar-refractivity contribution < 1.29 is 4.79 Å². The zero-order chi connectivity index (χ0) is 14.4. The lowest BCUT2D eigenvalue weighted by Crippen LogP contribution is -2.13. The molecule has 0 bridgehead atoms. The molecule has 1 atom stereocenters. The second-order valence-corrected chi connectivity index (χ2v) is 6.12. The Labute approximate surface area is 124 Å². The molecule has 0 aliphatic rings. The minimum Gasteiger partial charge on any atom is -0.299 e. The quantitative estimate of drug-likeness (QED) is 0.735. The Balaban J connectivity index is 1.98. The van der Waals surface area contributed by atoms with Crippen molar-refractivity contribution in [1.82, 2.24) is 4.98 Å². The Morgan fingerprint density at radius 3 is 2.75 bits per heavy atom. The zero-order valence-electron chi connectivity index (χ0n) is 12.1. The van der Waals surface area contributed by atoms with Crippen LogP contribution in [-0.2, 0) is 11.2 Å². The summed E-state index contributed by atoms with van der Waals surface area (Å²) in [6.45, 7) is 4.19. The Morgan fingerprint density at radius 1 is 1.30 bits per heavy atom. The van der Waals surface area contributed by atoms with Crippen LogP contribution in [0.15, 0.2) is 35.7 Å². The van der Waals surface area contributed by atoms with Crippen LogP contribution in [0.5, 0.6) is 0 Å². The average molecular weight is 287 g/mol. The maximum atomic E-state index is 12.1. The van der Waals surface area contributed by atoms with Gasteiger partial charge in [-0.05, 0) is 6.42 Å². The third-order valence-corrected chi connectivity index (χ3v) is 4.34. The fourth-order valence-electron chi connectivity index (χ4n) is 2.13. The van der Waals surface area contributed by atoms with Crippen LogP contribution in [0.2, 0.25) is 0 Å². The van der Waals surface area contributed by atoms with Crippen molar-refractivity contribution in [1.29, 1.82) is 0 Å². The first kappa shape index (κ1) is 14.9. The molecule has 20 heavy (non-hydrogen) atoms. The first-order valence-electron chi connectivity index (χ1n) is 7.23. The number of ketones is 1. The summed E-state index contributed by atoms with van der Waals surface area (Å²) in [5, 5.41) is 2.96. The number of thiazole rings is 1. The standard InChI is InChI=1S/C17H21NOS/c1-3-4-8-13(2)16(19)11-17-18-15(12-20-17)14-9-6-5-7-10-14/h5-7,9-10,12-13H,3-4,8,11H2,1-2H3/t13-/m0/s1. The van der Waals surface area contributed by atoms with E-state index in [1.807, 2.05) is 42.6 Å². The molecule has 0 unspecified atom stereocenters. The number of carbonyl (C=O) groups is 1. The highest BCUT2D eigenvalue weighted by molar-refractivity contribution is 7.10. The van der Waals surface area contributed by atoms with Crippen molar-refractivity contribution in [2.75, 3.05) is 0 Å². The van der Waals surface area contributed by atoms with Gasteiger partial charge in [-0.3, -0.25) is 4.79 Å². The maximum absolute atomic E-state index is 12.1. The Kier molecular flexibility index (Phi) is 5.48. The van der Waals surface area contributed by atoms with Crippen molar-refractivity contribution in [3.05, 3.63) is 40.7 Å². The molecule has 3 heteroatoms. The molecule has 2 aromatic rings. The molecule has 0 fully saturated rings. The van der Waals surface area contributed by atoms with Crippen molar-refractivity contribution in [2.45, 2.75) is 39.5 Å². The number of carbonyl (C=O) groups excluding carboxylic acids is 1. The smallest absolute Gasteiger partial charge is 0.142 e. The molecule has 0 radical (unpaired) electrons. The summed E-state index contributed by atoms with van der Waals surface area (Å²) < 4.78 is 0. The van der Waals surface area contributed by atoms with E-state index >= 15 is 0 Å². The van der Waals surface area contributed by atoms with Gasteiger partial charge >= 0.3 is 0 Å². The van der Waals surface area contributed by atoms with E-state index in [1.54, 1.807) is 11.3 Å². The van der Waals surface area contributed by atoms with Gasteiger partial charge in [0.15, 0.2) is 0 Å². The van der Waals surface area contributed by atoms with Gasteiger partial charge in [-0.2, -0.15) is 0 Å². The van der Waals surface area contributed by atoms with E-state index in [1.165, 1.54) is 0 Å². The van der Waals surface area contributed by atoms with Crippen molar-refractivity contribution in [3.63, 3.8) is 0 Å². The molecule has 2 nitrogen and oxygen atoms in total. The molecule has 1 heterocycles. The highest BCUT2D eigenvalue weighted by Crippen LogP contribution is 2.23. The van der Waals surface area contributed by atoms with Crippen molar-refractivity contribution >= 4 is 17.1 Å². The minimum absolute atomic E-state index is 0.152. The number of Topliss-reactive ketones (excluding diaryl/α,β-unsaturated/α-hetero) is 1. The Morgan fingerprint density at radius 2 is 2.05 bits per heavy atom. The van der Waals surface area contributed by atoms with Gasteiger partial charge in [0.1, 0.15) is 10.8 Å². The van der Waals surface area contributed by atoms with Crippen molar-refractivity contribution in [2.24, 2.45) is 5.92 Å². The van der Waals surface area contributed by atoms with E-state index in [4.69, 9.17) is 0 Å². The number of benzene rings is 1. The average Bonchev–Trinajstić information content (AvgIpc) is 2.94. The fraction of sp³-hybridized carbons (Fsp3) is 0.412. The molecule has 106 valence electrons. The van der Waals surface area contributed by atoms with Gasteiger partial charge in [0.2, 0.25) is 0 Å². The van der Waals surface area contributed by atoms with Crippen LogP contribution in [0, 0.1) is 5.92 Å². The summed E-state index contributed by atoms with van der Waals surface area (Å²) >= 11 is 1.58. The molecule has 0 aliphatic heterocycles. The molecule has 0 saturated carbocycles. The van der Waals surface area contributed by atoms with E-state index < -0.39 is 0 Å². The SMILES string of the molecule is CCCC[C@H](C)C(=O)Cc1nc(-c2ccccc2)cs1. The van der Waals surface area contributed by atoms with E-state index in [-0.39, 0.29) is 5.92 Å². The molecule has 2 rings (SSSR count). The summed E-state index contributed by atoms with van der Waals surface area (Å²) in [4.78, 5) is 16.7. The maximum Gasteiger partial charge on any atom is 0.142 e. The number of unbranched alkanes of at least 4 members (excludes halogenated alkanes) is 1. The summed E-state index contributed by atoms with van der Waals surface area (Å²) in [5.41, 5.74) is 2.08. The second-order valence-electron chi connectivity index (χ2n) is 5.18. The number of rotatable bonds is 7. The summed E-state index contributed by atoms with van der Waals surface area (Å²) in [6, 6.07) is 10.1. The Bertz CT molecular complexity index is 547. The van der Waals surface area contributed by atoms with Gasteiger partial charge in [0.05, 0.1) is 12.1 Å². The third-order valence-electron chi connectivity index (χ3n) is 3.49.